The van der Waals surface area contributed by atoms with E-state index in [9.17, 15) is 26.7 Å². The predicted octanol–water partition coefficient (Wildman–Crippen LogP) is 3.79. The van der Waals surface area contributed by atoms with E-state index in [1.54, 1.807) is 0 Å². The molecular weight excluding hydrogens is 405 g/mol. The fourth-order valence-electron chi connectivity index (χ4n) is 2.50. The quantitative estimate of drug-likeness (QED) is 0.630. The van der Waals surface area contributed by atoms with Gasteiger partial charge in [0, 0.05) is 16.7 Å². The molecule has 1 N–H and O–H groups in total. The minimum absolute atomic E-state index is 0.0704. The third-order valence-electron chi connectivity index (χ3n) is 3.73. The van der Waals surface area contributed by atoms with E-state index < -0.39 is 22.0 Å². The molecule has 3 rings (SSSR count). The van der Waals surface area contributed by atoms with Gasteiger partial charge in [0.05, 0.1) is 22.9 Å². The summed E-state index contributed by atoms with van der Waals surface area (Å²) in [7, 11) is -3.84. The molecule has 0 saturated carbocycles. The summed E-state index contributed by atoms with van der Waals surface area (Å²) in [4.78, 5) is 7.48. The molecule has 0 saturated heterocycles. The first kappa shape index (κ1) is 19.6. The lowest BCUT2D eigenvalue weighted by molar-refractivity contribution is -0.0327. The maximum atomic E-state index is 13.0. The number of hydrogen-bond acceptors (Lipinski definition) is 7. The molecule has 0 amide bonds. The summed E-state index contributed by atoms with van der Waals surface area (Å²) >= 11 is -0.389. The van der Waals surface area contributed by atoms with Crippen molar-refractivity contribution in [3.63, 3.8) is 0 Å². The van der Waals surface area contributed by atoms with Crippen LogP contribution in [0.15, 0.2) is 45.0 Å². The number of benzene rings is 1. The Kier molecular flexibility index (Phi) is 5.19. The maximum Gasteiger partial charge on any atom is 0.446 e. The molecule has 0 aliphatic rings. The summed E-state index contributed by atoms with van der Waals surface area (Å²) in [5.41, 5.74) is -4.35. The largest absolute Gasteiger partial charge is 0.446 e. The van der Waals surface area contributed by atoms with Crippen LogP contribution in [-0.4, -0.2) is 34.8 Å². The average Bonchev–Trinajstić information content (AvgIpc) is 3.08. The first-order valence-electron chi connectivity index (χ1n) is 7.61. The van der Waals surface area contributed by atoms with Crippen LogP contribution < -0.4 is 0 Å². The molecule has 0 bridgehead atoms. The van der Waals surface area contributed by atoms with Gasteiger partial charge in [-0.05, 0) is 35.5 Å². The van der Waals surface area contributed by atoms with Gasteiger partial charge in [-0.2, -0.15) is 13.2 Å². The van der Waals surface area contributed by atoms with E-state index in [0.29, 0.717) is 0 Å². The number of alkyl halides is 3. The van der Waals surface area contributed by atoms with Crippen molar-refractivity contribution in [2.45, 2.75) is 28.8 Å². The standard InChI is InChI=1S/C16H13F3N2O4S2/c1-2-27(23,24)12-5-9(7-22)6-20-15(12)13-11(26-16(17,18)19)4-3-10-14(13)21-8-25-10/h3-6,8,22H,2,7H2,1H3. The van der Waals surface area contributed by atoms with Crippen LogP contribution >= 0.6 is 11.8 Å². The monoisotopic (exact) mass is 418 g/mol. The predicted molar refractivity (Wildman–Crippen MR) is 92.8 cm³/mol. The van der Waals surface area contributed by atoms with Gasteiger partial charge in [0.25, 0.3) is 0 Å². The number of nitrogens with zero attached hydrogens (tertiary/aromatic N) is 2. The fraction of sp³-hybridized carbons (Fsp3) is 0.250. The number of oxazole rings is 1. The summed E-state index contributed by atoms with van der Waals surface area (Å²) in [5.74, 6) is -0.285. The molecular formula is C16H13F3N2O4S2. The van der Waals surface area contributed by atoms with Crippen molar-refractivity contribution in [3.05, 3.63) is 36.4 Å². The Morgan fingerprint density at radius 3 is 2.63 bits per heavy atom. The second kappa shape index (κ2) is 7.13. The number of aliphatic hydroxyl groups excluding tert-OH is 1. The van der Waals surface area contributed by atoms with Crippen LogP contribution in [0.1, 0.15) is 12.5 Å². The van der Waals surface area contributed by atoms with Crippen LogP contribution in [0, 0.1) is 0 Å². The van der Waals surface area contributed by atoms with Crippen molar-refractivity contribution >= 4 is 32.7 Å². The Hall–Kier alpha value is -2.11. The number of aromatic nitrogens is 2. The second-order valence-electron chi connectivity index (χ2n) is 5.44. The molecule has 0 aliphatic carbocycles. The highest BCUT2D eigenvalue weighted by molar-refractivity contribution is 8.00. The van der Waals surface area contributed by atoms with Gasteiger partial charge in [0.2, 0.25) is 0 Å². The number of pyridine rings is 1. The molecule has 2 heterocycles. The van der Waals surface area contributed by atoms with Crippen molar-refractivity contribution in [1.82, 2.24) is 9.97 Å². The van der Waals surface area contributed by atoms with E-state index in [1.807, 2.05) is 0 Å². The van der Waals surface area contributed by atoms with Gasteiger partial charge < -0.3 is 9.52 Å². The molecule has 0 fully saturated rings. The van der Waals surface area contributed by atoms with Gasteiger partial charge in [-0.15, -0.1) is 0 Å². The zero-order valence-corrected chi connectivity index (χ0v) is 15.5. The lowest BCUT2D eigenvalue weighted by Crippen LogP contribution is -2.09. The van der Waals surface area contributed by atoms with Gasteiger partial charge in [-0.3, -0.25) is 4.98 Å². The summed E-state index contributed by atoms with van der Waals surface area (Å²) in [5, 5.41) is 9.29. The van der Waals surface area contributed by atoms with Crippen molar-refractivity contribution in [2.75, 3.05) is 5.75 Å². The van der Waals surface area contributed by atoms with E-state index in [-0.39, 0.29) is 55.2 Å². The van der Waals surface area contributed by atoms with Crippen LogP contribution in [-0.2, 0) is 16.4 Å². The van der Waals surface area contributed by atoms with Crippen molar-refractivity contribution in [1.29, 1.82) is 0 Å². The van der Waals surface area contributed by atoms with Gasteiger partial charge in [-0.1, -0.05) is 6.92 Å². The van der Waals surface area contributed by atoms with E-state index >= 15 is 0 Å². The van der Waals surface area contributed by atoms with Crippen LogP contribution in [0.2, 0.25) is 0 Å². The lowest BCUT2D eigenvalue weighted by Gasteiger charge is -2.15. The van der Waals surface area contributed by atoms with Crippen molar-refractivity contribution in [2.24, 2.45) is 0 Å². The molecule has 144 valence electrons. The summed E-state index contributed by atoms with van der Waals surface area (Å²) in [6.07, 6.45) is 2.28. The van der Waals surface area contributed by atoms with E-state index in [1.165, 1.54) is 31.3 Å². The number of rotatable bonds is 5. The Morgan fingerprint density at radius 1 is 1.26 bits per heavy atom. The molecule has 0 radical (unpaired) electrons. The molecule has 6 nitrogen and oxygen atoms in total. The smallest absolute Gasteiger partial charge is 0.443 e. The Bertz CT molecular complexity index is 1090. The highest BCUT2D eigenvalue weighted by Gasteiger charge is 2.33. The van der Waals surface area contributed by atoms with Gasteiger partial charge in [0.1, 0.15) is 5.52 Å². The highest BCUT2D eigenvalue weighted by atomic mass is 32.2. The van der Waals surface area contributed by atoms with Crippen LogP contribution in [0.3, 0.4) is 0 Å². The minimum Gasteiger partial charge on any atom is -0.443 e. The third-order valence-corrected chi connectivity index (χ3v) is 6.27. The number of thioether (sulfide) groups is 1. The molecule has 0 aliphatic heterocycles. The molecule has 11 heteroatoms. The summed E-state index contributed by atoms with van der Waals surface area (Å²) in [6.45, 7) is 0.949. The van der Waals surface area contributed by atoms with E-state index in [4.69, 9.17) is 4.42 Å². The molecule has 0 unspecified atom stereocenters. The van der Waals surface area contributed by atoms with Gasteiger partial charge in [-0.25, -0.2) is 13.4 Å². The number of halogens is 3. The molecule has 3 aromatic rings. The normalized spacial score (nSPS) is 12.6. The highest BCUT2D eigenvalue weighted by Crippen LogP contribution is 2.45. The topological polar surface area (TPSA) is 93.3 Å². The minimum atomic E-state index is -4.60. The zero-order chi connectivity index (χ0) is 19.8. The van der Waals surface area contributed by atoms with Crippen LogP contribution in [0.4, 0.5) is 13.2 Å². The van der Waals surface area contributed by atoms with E-state index in [0.717, 1.165) is 6.39 Å². The van der Waals surface area contributed by atoms with Gasteiger partial charge in [0.15, 0.2) is 21.8 Å². The molecule has 2 aromatic heterocycles. The fourth-order valence-corrected chi connectivity index (χ4v) is 4.28. The van der Waals surface area contributed by atoms with Crippen molar-refractivity contribution in [3.8, 4) is 11.3 Å². The van der Waals surface area contributed by atoms with Crippen LogP contribution in [0.5, 0.6) is 0 Å². The number of aliphatic hydroxyl groups is 1. The molecule has 0 atom stereocenters. The molecule has 0 spiro atoms. The Morgan fingerprint density at radius 2 is 2.00 bits per heavy atom. The van der Waals surface area contributed by atoms with Crippen molar-refractivity contribution < 1.29 is 31.1 Å². The molecule has 27 heavy (non-hydrogen) atoms. The van der Waals surface area contributed by atoms with E-state index in [2.05, 4.69) is 9.97 Å². The number of fused-ring (bicyclic) bond motifs is 1. The SMILES string of the molecule is CCS(=O)(=O)c1cc(CO)cnc1-c1c(SC(F)(F)F)ccc2ocnc12. The Labute approximate surface area is 156 Å². The molecule has 1 aromatic carbocycles. The second-order valence-corrected chi connectivity index (χ2v) is 8.79. The number of sulfone groups is 1. The Balaban J connectivity index is 2.38. The summed E-state index contributed by atoms with van der Waals surface area (Å²) < 4.78 is 69.3. The third kappa shape index (κ3) is 3.94. The first-order chi connectivity index (χ1) is 12.7. The summed E-state index contributed by atoms with van der Waals surface area (Å²) in [6, 6.07) is 3.73. The maximum absolute atomic E-state index is 13.0. The van der Waals surface area contributed by atoms with Gasteiger partial charge >= 0.3 is 5.51 Å². The number of hydrogen-bond donors (Lipinski definition) is 1. The first-order valence-corrected chi connectivity index (χ1v) is 10.1. The lowest BCUT2D eigenvalue weighted by atomic mass is 10.1. The average molecular weight is 418 g/mol. The zero-order valence-electron chi connectivity index (χ0n) is 13.8. The van der Waals surface area contributed by atoms with Crippen LogP contribution in [0.25, 0.3) is 22.4 Å².